The van der Waals surface area contributed by atoms with E-state index < -0.39 is 112 Å². The summed E-state index contributed by atoms with van der Waals surface area (Å²) >= 11 is 0. The lowest BCUT2D eigenvalue weighted by Gasteiger charge is -2.48. The highest BCUT2D eigenvalue weighted by Gasteiger charge is 2.53. The van der Waals surface area contributed by atoms with E-state index in [0.717, 1.165) is 0 Å². The van der Waals surface area contributed by atoms with Gasteiger partial charge in [0.05, 0.1) is 25.9 Å². The lowest BCUT2D eigenvalue weighted by atomic mass is 9.92. The van der Waals surface area contributed by atoms with Crippen LogP contribution < -0.4 is 0 Å². The maximum Gasteiger partial charge on any atom is 0.187 e. The number of aliphatic hydroxyl groups is 10. The summed E-state index contributed by atoms with van der Waals surface area (Å²) in [5.41, 5.74) is 0. The number of ether oxygens (including phenoxy) is 5. The number of carbonyl (C=O) groups is 1. The molecule has 0 radical (unpaired) electrons. The predicted octanol–water partition coefficient (Wildman–Crippen LogP) is -6.54. The van der Waals surface area contributed by atoms with Crippen LogP contribution in [0.2, 0.25) is 0 Å². The number of aliphatic hydroxyl groups excluding tert-OH is 10. The maximum absolute atomic E-state index is 11.4. The highest BCUT2D eigenvalue weighted by Crippen LogP contribution is 2.32. The molecule has 0 aromatic rings. The molecule has 0 unspecified atom stereocenters. The van der Waals surface area contributed by atoms with E-state index in [2.05, 4.69) is 0 Å². The summed E-state index contributed by atoms with van der Waals surface area (Å²) in [7, 11) is 0. The average molecular weight is 545 g/mol. The molecule has 216 valence electrons. The molecule has 3 aliphatic heterocycles. The van der Waals surface area contributed by atoms with Gasteiger partial charge in [-0.05, 0) is 6.92 Å². The second-order valence-electron chi connectivity index (χ2n) is 9.39. The van der Waals surface area contributed by atoms with Gasteiger partial charge >= 0.3 is 0 Å². The van der Waals surface area contributed by atoms with E-state index in [1.54, 1.807) is 0 Å². The average Bonchev–Trinajstić information content (AvgIpc) is 2.87. The van der Waals surface area contributed by atoms with Crippen molar-refractivity contribution in [1.29, 1.82) is 0 Å². The minimum atomic E-state index is -1.91. The Hall–Kier alpha value is -0.930. The highest BCUT2D eigenvalue weighted by molar-refractivity contribution is 5.76. The Kier molecular flexibility index (Phi) is 10.7. The first-order valence-electron chi connectivity index (χ1n) is 11.8. The van der Waals surface area contributed by atoms with Crippen LogP contribution in [0.25, 0.3) is 0 Å². The molecule has 0 spiro atoms. The van der Waals surface area contributed by atoms with Crippen LogP contribution in [-0.4, -0.2) is 169 Å². The summed E-state index contributed by atoms with van der Waals surface area (Å²) in [6.45, 7) is -1.01. The van der Waals surface area contributed by atoms with E-state index in [-0.39, 0.29) is 12.2 Å². The summed E-state index contributed by atoms with van der Waals surface area (Å²) in [6.07, 6.45) is -24.3. The number of hydrogen-bond acceptors (Lipinski definition) is 16. The van der Waals surface area contributed by atoms with Crippen molar-refractivity contribution in [2.45, 2.75) is 105 Å². The van der Waals surface area contributed by atoms with E-state index in [1.807, 2.05) is 0 Å². The first kappa shape index (κ1) is 30.6. The van der Waals surface area contributed by atoms with Gasteiger partial charge in [-0.3, -0.25) is 4.79 Å². The number of ketones is 1. The van der Waals surface area contributed by atoms with E-state index >= 15 is 0 Å². The molecule has 3 fully saturated rings. The van der Waals surface area contributed by atoms with Crippen LogP contribution in [0.15, 0.2) is 0 Å². The number of Topliss-reactive ketones (excluding diaryl/α,β-unsaturated/α-hetero) is 1. The molecule has 0 aliphatic carbocycles. The van der Waals surface area contributed by atoms with Gasteiger partial charge in [0.1, 0.15) is 79.0 Å². The smallest absolute Gasteiger partial charge is 0.187 e. The van der Waals surface area contributed by atoms with Crippen LogP contribution in [0.3, 0.4) is 0 Å². The quantitative estimate of drug-likeness (QED) is 0.129. The van der Waals surface area contributed by atoms with Gasteiger partial charge in [-0.1, -0.05) is 0 Å². The van der Waals surface area contributed by atoms with Crippen molar-refractivity contribution in [1.82, 2.24) is 0 Å². The Bertz CT molecular complexity index is 735. The first-order chi connectivity index (χ1) is 17.4. The lowest BCUT2D eigenvalue weighted by Crippen LogP contribution is -2.66. The van der Waals surface area contributed by atoms with Crippen molar-refractivity contribution >= 4 is 5.78 Å². The standard InChI is InChI=1S/C21H36O16/c1-6(25)2-7-11(26)14(29)18(9(4-23)33-7)36-21-17(32)15(30)19(10(5-24)35-21)37-20-16(31)13(28)12(27)8(3-22)34-20/h7-24,26-32H,2-5H2,1H3/t7-,8+,9+,10+,11-,12+,13-,14+,15+,16+,17+,18+,19+,20+,21+/m0/s1. The third kappa shape index (κ3) is 6.46. The molecule has 16 heteroatoms. The Morgan fingerprint density at radius 1 is 0.568 bits per heavy atom. The first-order valence-corrected chi connectivity index (χ1v) is 11.8. The van der Waals surface area contributed by atoms with Gasteiger partial charge in [0.2, 0.25) is 0 Å². The Morgan fingerprint density at radius 3 is 1.46 bits per heavy atom. The van der Waals surface area contributed by atoms with Gasteiger partial charge in [-0.25, -0.2) is 0 Å². The normalized spacial score (nSPS) is 49.1. The number of hydrogen-bond donors (Lipinski definition) is 10. The minimum Gasteiger partial charge on any atom is -0.394 e. The van der Waals surface area contributed by atoms with Gasteiger partial charge in [-0.2, -0.15) is 0 Å². The molecule has 15 atom stereocenters. The third-order valence-corrected chi connectivity index (χ3v) is 6.70. The van der Waals surface area contributed by atoms with Gasteiger partial charge in [0.25, 0.3) is 0 Å². The fraction of sp³-hybridized carbons (Fsp3) is 0.952. The zero-order valence-electron chi connectivity index (χ0n) is 19.9. The van der Waals surface area contributed by atoms with Crippen molar-refractivity contribution in [3.8, 4) is 0 Å². The van der Waals surface area contributed by atoms with Crippen LogP contribution in [0.5, 0.6) is 0 Å². The number of carbonyl (C=O) groups excluding carboxylic acids is 1. The van der Waals surface area contributed by atoms with Gasteiger partial charge in [-0.15, -0.1) is 0 Å². The molecule has 3 aliphatic rings. The molecular formula is C21H36O16. The molecule has 3 rings (SSSR count). The summed E-state index contributed by atoms with van der Waals surface area (Å²) in [4.78, 5) is 11.4. The molecule has 0 saturated carbocycles. The lowest BCUT2D eigenvalue weighted by molar-refractivity contribution is -0.372. The van der Waals surface area contributed by atoms with E-state index in [9.17, 15) is 55.9 Å². The van der Waals surface area contributed by atoms with Crippen LogP contribution in [0, 0.1) is 0 Å². The van der Waals surface area contributed by atoms with E-state index in [1.165, 1.54) is 6.92 Å². The fourth-order valence-corrected chi connectivity index (χ4v) is 4.61. The van der Waals surface area contributed by atoms with Crippen molar-refractivity contribution in [3.63, 3.8) is 0 Å². The molecule has 3 saturated heterocycles. The van der Waals surface area contributed by atoms with Crippen LogP contribution in [0.1, 0.15) is 13.3 Å². The van der Waals surface area contributed by atoms with Crippen molar-refractivity contribution in [2.75, 3.05) is 19.8 Å². The summed E-state index contributed by atoms with van der Waals surface area (Å²) < 4.78 is 27.2. The molecule has 37 heavy (non-hydrogen) atoms. The predicted molar refractivity (Wildman–Crippen MR) is 114 cm³/mol. The van der Waals surface area contributed by atoms with Crippen molar-refractivity contribution in [2.24, 2.45) is 0 Å². The van der Waals surface area contributed by atoms with Crippen molar-refractivity contribution < 1.29 is 79.5 Å². The zero-order valence-corrected chi connectivity index (χ0v) is 19.9. The Balaban J connectivity index is 1.71. The van der Waals surface area contributed by atoms with Crippen LogP contribution in [0.4, 0.5) is 0 Å². The fourth-order valence-electron chi connectivity index (χ4n) is 4.61. The van der Waals surface area contributed by atoms with Crippen molar-refractivity contribution in [3.05, 3.63) is 0 Å². The molecule has 0 aromatic carbocycles. The second kappa shape index (κ2) is 12.9. The van der Waals surface area contributed by atoms with Gasteiger partial charge in [0.15, 0.2) is 12.6 Å². The Morgan fingerprint density at radius 2 is 0.973 bits per heavy atom. The SMILES string of the molecule is CC(=O)C[C@@H]1O[C@H](CO)[C@@H](O[C@H]2O[C@H](CO)[C@@H](O[C@H]3O[C@H](CO)[C@@H](O)[C@H](O)[C@H]3O)[C@H](O)[C@H]2O)[C@H](O)[C@H]1O. The molecule has 10 N–H and O–H groups in total. The zero-order chi connectivity index (χ0) is 27.6. The monoisotopic (exact) mass is 544 g/mol. The third-order valence-electron chi connectivity index (χ3n) is 6.70. The van der Waals surface area contributed by atoms with Gasteiger partial charge < -0.3 is 74.7 Å². The molecular weight excluding hydrogens is 508 g/mol. The van der Waals surface area contributed by atoms with E-state index in [0.29, 0.717) is 0 Å². The maximum atomic E-state index is 11.4. The molecule has 0 bridgehead atoms. The van der Waals surface area contributed by atoms with E-state index in [4.69, 9.17) is 23.7 Å². The highest BCUT2D eigenvalue weighted by atomic mass is 16.7. The largest absolute Gasteiger partial charge is 0.394 e. The van der Waals surface area contributed by atoms with Crippen LogP contribution in [-0.2, 0) is 28.5 Å². The molecule has 3 heterocycles. The molecule has 0 amide bonds. The topological polar surface area (TPSA) is 266 Å². The summed E-state index contributed by atoms with van der Waals surface area (Å²) in [6, 6.07) is 0. The summed E-state index contributed by atoms with van der Waals surface area (Å²) in [5, 5.41) is 101. The molecule has 0 aromatic heterocycles. The number of rotatable bonds is 9. The van der Waals surface area contributed by atoms with Gasteiger partial charge in [0, 0.05) is 6.42 Å². The second-order valence-corrected chi connectivity index (χ2v) is 9.39. The van der Waals surface area contributed by atoms with Crippen LogP contribution >= 0.6 is 0 Å². The summed E-state index contributed by atoms with van der Waals surface area (Å²) in [5.74, 6) is -0.335. The molecule has 16 nitrogen and oxygen atoms in total. The minimum absolute atomic E-state index is 0.244. The Labute approximate surface area is 211 Å².